The van der Waals surface area contributed by atoms with E-state index in [0.29, 0.717) is 12.0 Å². The minimum absolute atomic E-state index is 0. The molecule has 1 aromatic carbocycles. The monoisotopic (exact) mass is 319 g/mol. The number of nitriles is 1. The molecule has 3 N–H and O–H groups in total. The molecule has 1 aliphatic rings. The predicted octanol–water partition coefficient (Wildman–Crippen LogP) is 1.80. The molecule has 1 atom stereocenters. The van der Waals surface area contributed by atoms with Crippen LogP contribution in [-0.4, -0.2) is 41.3 Å². The summed E-state index contributed by atoms with van der Waals surface area (Å²) < 4.78 is 0. The van der Waals surface area contributed by atoms with Gasteiger partial charge in [0.15, 0.2) is 0 Å². The van der Waals surface area contributed by atoms with Gasteiger partial charge in [-0.05, 0) is 18.2 Å². The van der Waals surface area contributed by atoms with Crippen molar-refractivity contribution in [1.29, 1.82) is 5.26 Å². The van der Waals surface area contributed by atoms with Crippen molar-refractivity contribution in [2.24, 2.45) is 0 Å². The molecule has 0 saturated carbocycles. The highest BCUT2D eigenvalue weighted by atomic mass is 35.5. The summed E-state index contributed by atoms with van der Waals surface area (Å²) in [6.07, 6.45) is 0.303. The number of halogens is 2. The second-order valence-corrected chi connectivity index (χ2v) is 4.41. The minimum atomic E-state index is -0.163. The van der Waals surface area contributed by atoms with Crippen molar-refractivity contribution in [2.75, 3.05) is 26.2 Å². The van der Waals surface area contributed by atoms with E-state index in [4.69, 9.17) is 5.26 Å². The van der Waals surface area contributed by atoms with Gasteiger partial charge in [-0.3, -0.25) is 4.90 Å². The Balaban J connectivity index is 0.00000180. The summed E-state index contributed by atoms with van der Waals surface area (Å²) in [7, 11) is 0. The molecule has 0 spiro atoms. The third kappa shape index (κ3) is 4.43. The molecular weight excluding hydrogens is 301 g/mol. The number of piperazine rings is 1. The van der Waals surface area contributed by atoms with E-state index in [9.17, 15) is 10.2 Å². The van der Waals surface area contributed by atoms with Crippen LogP contribution in [0.15, 0.2) is 18.2 Å². The molecule has 0 bridgehead atoms. The normalized spacial score (nSPS) is 16.4. The molecule has 20 heavy (non-hydrogen) atoms. The molecule has 5 nitrogen and oxygen atoms in total. The first-order chi connectivity index (χ1) is 8.72. The molecule has 0 aliphatic carbocycles. The maximum Gasteiger partial charge on any atom is 0.120 e. The van der Waals surface area contributed by atoms with Crippen LogP contribution < -0.4 is 5.32 Å². The lowest BCUT2D eigenvalue weighted by atomic mass is 10.0. The first-order valence-corrected chi connectivity index (χ1v) is 6.06. The molecule has 1 aromatic rings. The number of hydrogen-bond donors (Lipinski definition) is 3. The van der Waals surface area contributed by atoms with Gasteiger partial charge in [0, 0.05) is 31.7 Å². The number of aromatic hydroxyl groups is 2. The largest absolute Gasteiger partial charge is 0.508 e. The van der Waals surface area contributed by atoms with Gasteiger partial charge in [-0.15, -0.1) is 24.8 Å². The number of phenols is 2. The number of benzene rings is 1. The zero-order chi connectivity index (χ0) is 13.0. The van der Waals surface area contributed by atoms with Gasteiger partial charge in [-0.1, -0.05) is 0 Å². The Hall–Kier alpha value is -1.19. The van der Waals surface area contributed by atoms with Gasteiger partial charge in [0.1, 0.15) is 11.5 Å². The van der Waals surface area contributed by atoms with Crippen LogP contribution >= 0.6 is 24.8 Å². The Morgan fingerprint density at radius 2 is 1.90 bits per heavy atom. The molecule has 2 rings (SSSR count). The minimum Gasteiger partial charge on any atom is -0.508 e. The van der Waals surface area contributed by atoms with E-state index < -0.39 is 0 Å². The quantitative estimate of drug-likeness (QED) is 0.740. The highest BCUT2D eigenvalue weighted by Gasteiger charge is 2.24. The van der Waals surface area contributed by atoms with E-state index in [-0.39, 0.29) is 42.4 Å². The molecule has 1 fully saturated rings. The van der Waals surface area contributed by atoms with Crippen LogP contribution in [-0.2, 0) is 0 Å². The highest BCUT2D eigenvalue weighted by Crippen LogP contribution is 2.33. The Kier molecular flexibility index (Phi) is 8.35. The highest BCUT2D eigenvalue weighted by molar-refractivity contribution is 5.85. The molecule has 0 aromatic heterocycles. The molecule has 0 radical (unpaired) electrons. The van der Waals surface area contributed by atoms with Gasteiger partial charge in [-0.2, -0.15) is 5.26 Å². The second kappa shape index (κ2) is 8.88. The first kappa shape index (κ1) is 18.8. The van der Waals surface area contributed by atoms with Crippen molar-refractivity contribution in [3.05, 3.63) is 23.8 Å². The molecular formula is C13H19Cl2N3O2. The van der Waals surface area contributed by atoms with Gasteiger partial charge in [-0.25, -0.2) is 0 Å². The van der Waals surface area contributed by atoms with Gasteiger partial charge in [0.05, 0.1) is 18.5 Å². The van der Waals surface area contributed by atoms with Gasteiger partial charge in [0.25, 0.3) is 0 Å². The smallest absolute Gasteiger partial charge is 0.120 e. The standard InChI is InChI=1S/C13H17N3O2.2ClH/c14-4-3-12(16-7-5-15-6-8-16)11-9-10(17)1-2-13(11)18;;/h1-2,9,12,15,17-18H,3,5-8H2;2*1H/t12-;;/m0../s1. The summed E-state index contributed by atoms with van der Waals surface area (Å²) in [5.74, 6) is 0.243. The lowest BCUT2D eigenvalue weighted by molar-refractivity contribution is 0.173. The molecule has 1 heterocycles. The summed E-state index contributed by atoms with van der Waals surface area (Å²) in [5.41, 5.74) is 0.624. The third-order valence-electron chi connectivity index (χ3n) is 3.25. The third-order valence-corrected chi connectivity index (χ3v) is 3.25. The topological polar surface area (TPSA) is 79.5 Å². The number of nitrogens with one attached hydrogen (secondary N) is 1. The first-order valence-electron chi connectivity index (χ1n) is 6.06. The van der Waals surface area contributed by atoms with E-state index in [0.717, 1.165) is 26.2 Å². The summed E-state index contributed by atoms with van der Waals surface area (Å²) in [6.45, 7) is 3.42. The fourth-order valence-corrected chi connectivity index (χ4v) is 2.32. The number of nitrogens with zero attached hydrogens (tertiary/aromatic N) is 2. The summed E-state index contributed by atoms with van der Waals surface area (Å²) in [6, 6.07) is 6.45. The summed E-state index contributed by atoms with van der Waals surface area (Å²) in [5, 5.41) is 31.6. The Morgan fingerprint density at radius 1 is 1.25 bits per heavy atom. The van der Waals surface area contributed by atoms with Crippen LogP contribution in [0, 0.1) is 11.3 Å². The molecule has 112 valence electrons. The van der Waals surface area contributed by atoms with Crippen LogP contribution in [0.5, 0.6) is 11.5 Å². The Bertz CT molecular complexity index is 459. The fraction of sp³-hybridized carbons (Fsp3) is 0.462. The average molecular weight is 320 g/mol. The van der Waals surface area contributed by atoms with E-state index in [1.165, 1.54) is 12.1 Å². The SMILES string of the molecule is Cl.Cl.N#CC[C@@H](c1cc(O)ccc1O)N1CCNCC1. The zero-order valence-electron chi connectivity index (χ0n) is 11.0. The Morgan fingerprint density at radius 3 is 2.50 bits per heavy atom. The lowest BCUT2D eigenvalue weighted by Crippen LogP contribution is -2.45. The van der Waals surface area contributed by atoms with E-state index in [1.54, 1.807) is 6.07 Å². The van der Waals surface area contributed by atoms with Gasteiger partial charge < -0.3 is 15.5 Å². The molecule has 7 heteroatoms. The van der Waals surface area contributed by atoms with Crippen molar-refractivity contribution >= 4 is 24.8 Å². The van der Waals surface area contributed by atoms with Crippen LogP contribution in [0.2, 0.25) is 0 Å². The van der Waals surface area contributed by atoms with Crippen LogP contribution in [0.3, 0.4) is 0 Å². The Labute approximate surface area is 131 Å². The molecule has 0 amide bonds. The van der Waals surface area contributed by atoms with E-state index in [2.05, 4.69) is 16.3 Å². The zero-order valence-corrected chi connectivity index (χ0v) is 12.6. The van der Waals surface area contributed by atoms with Crippen molar-refractivity contribution in [1.82, 2.24) is 10.2 Å². The van der Waals surface area contributed by atoms with Crippen LogP contribution in [0.1, 0.15) is 18.0 Å². The van der Waals surface area contributed by atoms with Crippen LogP contribution in [0.25, 0.3) is 0 Å². The predicted molar refractivity (Wildman–Crippen MR) is 81.7 cm³/mol. The summed E-state index contributed by atoms with van der Waals surface area (Å²) >= 11 is 0. The maximum atomic E-state index is 9.90. The maximum absolute atomic E-state index is 9.90. The molecule has 1 saturated heterocycles. The van der Waals surface area contributed by atoms with Gasteiger partial charge in [0.2, 0.25) is 0 Å². The molecule has 1 aliphatic heterocycles. The summed E-state index contributed by atoms with van der Waals surface area (Å²) in [4.78, 5) is 2.16. The molecule has 0 unspecified atom stereocenters. The van der Waals surface area contributed by atoms with Crippen molar-refractivity contribution in [3.8, 4) is 17.6 Å². The number of hydrogen-bond acceptors (Lipinski definition) is 5. The van der Waals surface area contributed by atoms with Crippen molar-refractivity contribution in [3.63, 3.8) is 0 Å². The van der Waals surface area contributed by atoms with Crippen molar-refractivity contribution < 1.29 is 10.2 Å². The van der Waals surface area contributed by atoms with Crippen LogP contribution in [0.4, 0.5) is 0 Å². The van der Waals surface area contributed by atoms with E-state index in [1.807, 2.05) is 0 Å². The number of rotatable bonds is 3. The average Bonchev–Trinajstić information content (AvgIpc) is 2.40. The fourth-order valence-electron chi connectivity index (χ4n) is 2.32. The number of phenolic OH excluding ortho intramolecular Hbond substituents is 2. The van der Waals surface area contributed by atoms with Crippen molar-refractivity contribution in [2.45, 2.75) is 12.5 Å². The lowest BCUT2D eigenvalue weighted by Gasteiger charge is -2.34. The van der Waals surface area contributed by atoms with E-state index >= 15 is 0 Å². The van der Waals surface area contributed by atoms with Gasteiger partial charge >= 0.3 is 0 Å². The second-order valence-electron chi connectivity index (χ2n) is 4.41.